The summed E-state index contributed by atoms with van der Waals surface area (Å²) in [5.74, 6) is 0. The Morgan fingerprint density at radius 2 is 2.50 bits per heavy atom. The Morgan fingerprint density at radius 1 is 1.80 bits per heavy atom. The molecule has 4 heteroatoms. The quantitative estimate of drug-likeness (QED) is 0.752. The summed E-state index contributed by atoms with van der Waals surface area (Å²) in [7, 11) is 0. The van der Waals surface area contributed by atoms with Crippen LogP contribution >= 0.6 is 23.7 Å². The topological polar surface area (TPSA) is 38.9 Å². The summed E-state index contributed by atoms with van der Waals surface area (Å²) in [6.07, 6.45) is 0.962. The van der Waals surface area contributed by atoms with Gasteiger partial charge >= 0.3 is 0 Å². The Bertz CT molecular complexity index is 164. The first kappa shape index (κ1) is 9.88. The largest absolute Gasteiger partial charge is 0.323 e. The van der Waals surface area contributed by atoms with E-state index in [9.17, 15) is 0 Å². The standard InChI is InChI=1S/C6H10N2S.ClH/c1-2-5(7)6-3-9-4-8-6;/h3-5H,2,7H2,1H3;1H. The molecule has 2 N–H and O–H groups in total. The fourth-order valence-electron chi connectivity index (χ4n) is 0.614. The maximum atomic E-state index is 5.68. The summed E-state index contributed by atoms with van der Waals surface area (Å²) in [5.41, 5.74) is 8.51. The molecule has 0 amide bonds. The minimum atomic E-state index is 0. The van der Waals surface area contributed by atoms with Gasteiger partial charge in [-0.1, -0.05) is 6.92 Å². The summed E-state index contributed by atoms with van der Waals surface area (Å²) in [6.45, 7) is 2.06. The van der Waals surface area contributed by atoms with Gasteiger partial charge < -0.3 is 5.73 Å². The molecule has 2 nitrogen and oxygen atoms in total. The SMILES string of the molecule is CCC(N)c1cscn1.Cl. The lowest BCUT2D eigenvalue weighted by molar-refractivity contribution is 0.680. The van der Waals surface area contributed by atoms with Gasteiger partial charge in [0.25, 0.3) is 0 Å². The molecule has 0 aliphatic rings. The van der Waals surface area contributed by atoms with E-state index in [-0.39, 0.29) is 18.4 Å². The molecule has 0 aromatic carbocycles. The number of halogens is 1. The van der Waals surface area contributed by atoms with Crippen LogP contribution in [0.15, 0.2) is 10.9 Å². The Hall–Kier alpha value is -0.120. The zero-order chi connectivity index (χ0) is 6.69. The first-order valence-electron chi connectivity index (χ1n) is 2.98. The fourth-order valence-corrected chi connectivity index (χ4v) is 1.23. The van der Waals surface area contributed by atoms with Crippen LogP contribution in [0.2, 0.25) is 0 Å². The number of rotatable bonds is 2. The van der Waals surface area contributed by atoms with Gasteiger partial charge in [-0.3, -0.25) is 0 Å². The minimum absolute atomic E-state index is 0. The Kier molecular flexibility index (Phi) is 4.60. The highest BCUT2D eigenvalue weighted by atomic mass is 35.5. The van der Waals surface area contributed by atoms with Gasteiger partial charge in [-0.2, -0.15) is 0 Å². The van der Waals surface area contributed by atoms with E-state index in [2.05, 4.69) is 11.9 Å². The molecule has 1 heterocycles. The molecule has 1 aromatic rings. The van der Waals surface area contributed by atoms with E-state index in [1.165, 1.54) is 0 Å². The third kappa shape index (κ3) is 2.25. The predicted molar refractivity (Wildman–Crippen MR) is 46.6 cm³/mol. The molecule has 0 radical (unpaired) electrons. The molecule has 1 aromatic heterocycles. The molecule has 0 saturated carbocycles. The summed E-state index contributed by atoms with van der Waals surface area (Å²) >= 11 is 1.59. The molecule has 0 fully saturated rings. The first-order chi connectivity index (χ1) is 4.34. The lowest BCUT2D eigenvalue weighted by Crippen LogP contribution is -2.08. The maximum absolute atomic E-state index is 5.68. The van der Waals surface area contributed by atoms with Crippen molar-refractivity contribution in [3.63, 3.8) is 0 Å². The number of thiazole rings is 1. The summed E-state index contributed by atoms with van der Waals surface area (Å²) in [6, 6.07) is 0.135. The predicted octanol–water partition coefficient (Wildman–Crippen LogP) is 1.97. The van der Waals surface area contributed by atoms with Crippen molar-refractivity contribution in [3.05, 3.63) is 16.6 Å². The molecule has 1 atom stereocenters. The van der Waals surface area contributed by atoms with Crippen LogP contribution in [-0.2, 0) is 0 Å². The fraction of sp³-hybridized carbons (Fsp3) is 0.500. The average molecular weight is 179 g/mol. The lowest BCUT2D eigenvalue weighted by Gasteiger charge is -2.01. The van der Waals surface area contributed by atoms with Gasteiger partial charge in [-0.25, -0.2) is 4.98 Å². The van der Waals surface area contributed by atoms with Gasteiger partial charge in [-0.15, -0.1) is 23.7 Å². The van der Waals surface area contributed by atoms with Crippen molar-refractivity contribution < 1.29 is 0 Å². The second kappa shape index (κ2) is 4.66. The van der Waals surface area contributed by atoms with E-state index in [0.717, 1.165) is 12.1 Å². The van der Waals surface area contributed by atoms with Crippen molar-refractivity contribution in [2.45, 2.75) is 19.4 Å². The van der Waals surface area contributed by atoms with Crippen LogP contribution in [0.1, 0.15) is 25.1 Å². The van der Waals surface area contributed by atoms with E-state index in [4.69, 9.17) is 5.73 Å². The van der Waals surface area contributed by atoms with Gasteiger partial charge in [0, 0.05) is 11.4 Å². The maximum Gasteiger partial charge on any atom is 0.0795 e. The Morgan fingerprint density at radius 3 is 2.90 bits per heavy atom. The van der Waals surface area contributed by atoms with Gasteiger partial charge in [0.2, 0.25) is 0 Å². The molecule has 1 unspecified atom stereocenters. The molecule has 0 saturated heterocycles. The smallest absolute Gasteiger partial charge is 0.0795 e. The van der Waals surface area contributed by atoms with Crippen molar-refractivity contribution in [1.29, 1.82) is 0 Å². The van der Waals surface area contributed by atoms with E-state index < -0.39 is 0 Å². The van der Waals surface area contributed by atoms with Crippen LogP contribution in [0.25, 0.3) is 0 Å². The summed E-state index contributed by atoms with van der Waals surface area (Å²) in [4.78, 5) is 4.08. The highest BCUT2D eigenvalue weighted by molar-refractivity contribution is 7.07. The number of hydrogen-bond donors (Lipinski definition) is 1. The lowest BCUT2D eigenvalue weighted by atomic mass is 10.2. The third-order valence-electron chi connectivity index (χ3n) is 1.27. The normalized spacial score (nSPS) is 12.2. The number of nitrogens with two attached hydrogens (primary N) is 1. The van der Waals surface area contributed by atoms with Crippen LogP contribution in [0.3, 0.4) is 0 Å². The van der Waals surface area contributed by atoms with Gasteiger partial charge in [0.05, 0.1) is 11.2 Å². The van der Waals surface area contributed by atoms with Crippen molar-refractivity contribution in [3.8, 4) is 0 Å². The van der Waals surface area contributed by atoms with Crippen molar-refractivity contribution in [2.24, 2.45) is 5.73 Å². The molecular formula is C6H11ClN2S. The molecular weight excluding hydrogens is 168 g/mol. The average Bonchev–Trinajstić information content (AvgIpc) is 2.37. The molecule has 0 spiro atoms. The molecule has 0 aliphatic heterocycles. The number of hydrogen-bond acceptors (Lipinski definition) is 3. The highest BCUT2D eigenvalue weighted by Crippen LogP contribution is 2.12. The molecule has 58 valence electrons. The Labute approximate surface area is 70.9 Å². The van der Waals surface area contributed by atoms with E-state index >= 15 is 0 Å². The van der Waals surface area contributed by atoms with Gasteiger partial charge in [0.1, 0.15) is 0 Å². The molecule has 10 heavy (non-hydrogen) atoms. The molecule has 1 rings (SSSR count). The van der Waals surface area contributed by atoms with Gasteiger partial charge in [-0.05, 0) is 6.42 Å². The summed E-state index contributed by atoms with van der Waals surface area (Å²) in [5, 5.41) is 1.99. The third-order valence-corrected chi connectivity index (χ3v) is 1.88. The number of aromatic nitrogens is 1. The van der Waals surface area contributed by atoms with Crippen molar-refractivity contribution >= 4 is 23.7 Å². The number of nitrogens with zero attached hydrogens (tertiary/aromatic N) is 1. The second-order valence-corrected chi connectivity index (χ2v) is 2.65. The summed E-state index contributed by atoms with van der Waals surface area (Å²) < 4.78 is 0. The van der Waals surface area contributed by atoms with Crippen molar-refractivity contribution in [2.75, 3.05) is 0 Å². The van der Waals surface area contributed by atoms with Crippen LogP contribution in [0, 0.1) is 0 Å². The van der Waals surface area contributed by atoms with Crippen LogP contribution < -0.4 is 5.73 Å². The zero-order valence-corrected chi connectivity index (χ0v) is 7.41. The highest BCUT2D eigenvalue weighted by Gasteiger charge is 2.02. The van der Waals surface area contributed by atoms with Crippen LogP contribution in [-0.4, -0.2) is 4.98 Å². The minimum Gasteiger partial charge on any atom is -0.323 e. The van der Waals surface area contributed by atoms with Crippen LogP contribution in [0.4, 0.5) is 0 Å². The second-order valence-electron chi connectivity index (χ2n) is 1.93. The van der Waals surface area contributed by atoms with E-state index in [1.807, 2.05) is 10.9 Å². The van der Waals surface area contributed by atoms with Crippen molar-refractivity contribution in [1.82, 2.24) is 4.98 Å². The van der Waals surface area contributed by atoms with Gasteiger partial charge in [0.15, 0.2) is 0 Å². The Balaban J connectivity index is 0.000000810. The monoisotopic (exact) mass is 178 g/mol. The first-order valence-corrected chi connectivity index (χ1v) is 3.92. The molecule has 0 bridgehead atoms. The van der Waals surface area contributed by atoms with E-state index in [1.54, 1.807) is 11.3 Å². The zero-order valence-electron chi connectivity index (χ0n) is 5.78. The molecule has 0 aliphatic carbocycles. The van der Waals surface area contributed by atoms with E-state index in [0.29, 0.717) is 0 Å². The van der Waals surface area contributed by atoms with Crippen LogP contribution in [0.5, 0.6) is 0 Å².